The fourth-order valence-electron chi connectivity index (χ4n) is 5.81. The molecule has 0 saturated carbocycles. The first-order valence-corrected chi connectivity index (χ1v) is 14.8. The Labute approximate surface area is 266 Å². The molecule has 5 atom stereocenters. The van der Waals surface area contributed by atoms with Gasteiger partial charge in [0.2, 0.25) is 5.91 Å². The number of nitrogens with one attached hydrogen (secondary N) is 1. The maximum absolute atomic E-state index is 12.8. The Kier molecular flexibility index (Phi) is 8.39. The standard InChI is InChI=1S/C29H29Cl2N7O7/c30-14-5-7-15(8-6-14)38-23(16-3-1-2-4-17(16)31)35-18-24(33-13-34-25(18)38)37-11-9-29(10-12-37,28(32)44)36-26-21(41)19(39)20(40)22(45-26)27(42)43/h1-8,13,19-22,26,36,39-41H,9-12H2,(H2,32,44)(H,42,43)/t19-,20-,21+,22-,26+/m0/s1. The van der Waals surface area contributed by atoms with Crippen molar-refractivity contribution < 1.29 is 34.8 Å². The van der Waals surface area contributed by atoms with Crippen LogP contribution in [0.25, 0.3) is 28.2 Å². The molecule has 0 spiro atoms. The van der Waals surface area contributed by atoms with Crippen molar-refractivity contribution in [3.05, 3.63) is 64.9 Å². The van der Waals surface area contributed by atoms with E-state index >= 15 is 0 Å². The van der Waals surface area contributed by atoms with Gasteiger partial charge in [-0.15, -0.1) is 0 Å². The Morgan fingerprint density at radius 2 is 1.67 bits per heavy atom. The lowest BCUT2D eigenvalue weighted by molar-refractivity contribution is -0.238. The van der Waals surface area contributed by atoms with Crippen LogP contribution in [-0.4, -0.2) is 101 Å². The highest BCUT2D eigenvalue weighted by atomic mass is 35.5. The summed E-state index contributed by atoms with van der Waals surface area (Å²) in [5.74, 6) is -1.27. The number of primary amides is 1. The van der Waals surface area contributed by atoms with Gasteiger partial charge in [0.05, 0.1) is 5.02 Å². The number of imidazole rings is 1. The van der Waals surface area contributed by atoms with Crippen molar-refractivity contribution in [2.75, 3.05) is 18.0 Å². The number of hydrogen-bond donors (Lipinski definition) is 6. The number of piperidine rings is 1. The molecule has 0 radical (unpaired) electrons. The predicted molar refractivity (Wildman–Crippen MR) is 163 cm³/mol. The van der Waals surface area contributed by atoms with Gasteiger partial charge in [-0.05, 0) is 49.2 Å². The quantitative estimate of drug-likeness (QED) is 0.165. The van der Waals surface area contributed by atoms with Gasteiger partial charge in [0.25, 0.3) is 0 Å². The summed E-state index contributed by atoms with van der Waals surface area (Å²) in [6.45, 7) is 0.487. The Morgan fingerprint density at radius 3 is 2.31 bits per heavy atom. The zero-order valence-corrected chi connectivity index (χ0v) is 25.0. The molecule has 0 aliphatic carbocycles. The minimum Gasteiger partial charge on any atom is -0.479 e. The number of nitrogens with two attached hydrogens (primary N) is 1. The Morgan fingerprint density at radius 1 is 0.978 bits per heavy atom. The molecule has 236 valence electrons. The molecule has 0 bridgehead atoms. The van der Waals surface area contributed by atoms with E-state index in [4.69, 9.17) is 38.7 Å². The third kappa shape index (κ3) is 5.59. The second-order valence-electron chi connectivity index (χ2n) is 11.0. The van der Waals surface area contributed by atoms with Gasteiger partial charge < -0.3 is 35.8 Å². The number of benzene rings is 2. The molecule has 1 amide bonds. The van der Waals surface area contributed by atoms with Crippen LogP contribution in [0, 0.1) is 0 Å². The summed E-state index contributed by atoms with van der Waals surface area (Å²) >= 11 is 12.8. The second kappa shape index (κ2) is 12.1. The van der Waals surface area contributed by atoms with Crippen LogP contribution in [0.4, 0.5) is 5.82 Å². The fourth-order valence-corrected chi connectivity index (χ4v) is 6.15. The van der Waals surface area contributed by atoms with Gasteiger partial charge in [-0.1, -0.05) is 35.3 Å². The van der Waals surface area contributed by atoms with Crippen LogP contribution in [0.3, 0.4) is 0 Å². The summed E-state index contributed by atoms with van der Waals surface area (Å²) in [6.07, 6.45) is -7.14. The van der Waals surface area contributed by atoms with Gasteiger partial charge in [-0.25, -0.2) is 19.7 Å². The number of ether oxygens (including phenoxy) is 1. The molecule has 2 aliphatic heterocycles. The SMILES string of the molecule is NC(=O)C1(N[C@@H]2O[C@H](C(=O)O)[C@@H](O)[C@H](O)[C@H]2O)CCN(c2ncnc3c2nc(-c2ccccc2Cl)n3-c2ccc(Cl)cc2)CC1. The molecular formula is C29H29Cl2N7O7. The van der Waals surface area contributed by atoms with Gasteiger partial charge in [0.1, 0.15) is 42.2 Å². The number of halogens is 2. The number of amides is 1. The van der Waals surface area contributed by atoms with Crippen molar-refractivity contribution in [3.8, 4) is 17.1 Å². The highest BCUT2D eigenvalue weighted by molar-refractivity contribution is 6.33. The molecule has 14 nitrogen and oxygen atoms in total. The molecule has 6 rings (SSSR count). The van der Waals surface area contributed by atoms with E-state index in [9.17, 15) is 30.0 Å². The average Bonchev–Trinajstić information content (AvgIpc) is 3.41. The predicted octanol–water partition coefficient (Wildman–Crippen LogP) is 1.10. The van der Waals surface area contributed by atoms with Crippen LogP contribution in [0.15, 0.2) is 54.9 Å². The zero-order valence-electron chi connectivity index (χ0n) is 23.5. The summed E-state index contributed by atoms with van der Waals surface area (Å²) in [5, 5.41) is 44.1. The van der Waals surface area contributed by atoms with Crippen LogP contribution in [0.1, 0.15) is 12.8 Å². The number of rotatable bonds is 7. The van der Waals surface area contributed by atoms with Crippen molar-refractivity contribution in [3.63, 3.8) is 0 Å². The van der Waals surface area contributed by atoms with Gasteiger partial charge in [0.15, 0.2) is 23.1 Å². The highest BCUT2D eigenvalue weighted by Crippen LogP contribution is 2.36. The Balaban J connectivity index is 1.33. The van der Waals surface area contributed by atoms with Gasteiger partial charge in [-0.2, -0.15) is 0 Å². The number of nitrogens with zero attached hydrogens (tertiary/aromatic N) is 5. The molecule has 2 saturated heterocycles. The third-order valence-corrected chi connectivity index (χ3v) is 8.87. The number of fused-ring (bicyclic) bond motifs is 1. The highest BCUT2D eigenvalue weighted by Gasteiger charge is 2.51. The molecule has 2 aromatic carbocycles. The summed E-state index contributed by atoms with van der Waals surface area (Å²) < 4.78 is 7.22. The number of aromatic nitrogens is 4. The number of carbonyl (C=O) groups is 2. The van der Waals surface area contributed by atoms with E-state index in [1.807, 2.05) is 39.8 Å². The number of hydrogen-bond acceptors (Lipinski definition) is 11. The van der Waals surface area contributed by atoms with E-state index in [-0.39, 0.29) is 25.9 Å². The van der Waals surface area contributed by atoms with E-state index in [1.54, 1.807) is 18.2 Å². The minimum absolute atomic E-state index is 0.103. The lowest BCUT2D eigenvalue weighted by Crippen LogP contribution is -2.70. The van der Waals surface area contributed by atoms with Gasteiger partial charge in [-0.3, -0.25) is 14.7 Å². The number of aliphatic hydroxyl groups excluding tert-OH is 3. The first kappa shape index (κ1) is 31.1. The lowest BCUT2D eigenvalue weighted by Gasteiger charge is -2.46. The molecule has 16 heteroatoms. The topological polar surface area (TPSA) is 209 Å². The first-order valence-electron chi connectivity index (χ1n) is 14.0. The van der Waals surface area contributed by atoms with E-state index < -0.39 is 48.1 Å². The number of anilines is 1. The average molecular weight is 658 g/mol. The molecule has 2 aromatic heterocycles. The lowest BCUT2D eigenvalue weighted by atomic mass is 9.85. The maximum Gasteiger partial charge on any atom is 0.335 e. The van der Waals surface area contributed by atoms with Crippen molar-refractivity contribution in [2.45, 2.75) is 49.0 Å². The van der Waals surface area contributed by atoms with Crippen LogP contribution in [-0.2, 0) is 14.3 Å². The summed E-state index contributed by atoms with van der Waals surface area (Å²) in [6, 6.07) is 14.5. The fraction of sp³-hybridized carbons (Fsp3) is 0.345. The monoisotopic (exact) mass is 657 g/mol. The number of aliphatic carboxylic acids is 1. The van der Waals surface area contributed by atoms with Crippen LogP contribution in [0.2, 0.25) is 10.0 Å². The summed E-state index contributed by atoms with van der Waals surface area (Å²) in [7, 11) is 0. The van der Waals surface area contributed by atoms with Gasteiger partial charge >= 0.3 is 5.97 Å². The number of aliphatic hydroxyl groups is 3. The molecular weight excluding hydrogens is 629 g/mol. The number of carbonyl (C=O) groups excluding carboxylic acids is 1. The van der Waals surface area contributed by atoms with Crippen molar-refractivity contribution in [2.24, 2.45) is 5.73 Å². The Hall–Kier alpha value is -3.89. The second-order valence-corrected chi connectivity index (χ2v) is 11.8. The van der Waals surface area contributed by atoms with E-state index in [1.165, 1.54) is 6.33 Å². The van der Waals surface area contributed by atoms with Crippen LogP contribution >= 0.6 is 23.2 Å². The zero-order chi connectivity index (χ0) is 32.0. The molecule has 2 aliphatic rings. The minimum atomic E-state index is -1.87. The van der Waals surface area contributed by atoms with Crippen molar-refractivity contribution >= 4 is 52.1 Å². The largest absolute Gasteiger partial charge is 0.479 e. The molecule has 0 unspecified atom stereocenters. The van der Waals surface area contributed by atoms with Crippen LogP contribution < -0.4 is 16.0 Å². The molecule has 45 heavy (non-hydrogen) atoms. The smallest absolute Gasteiger partial charge is 0.335 e. The number of carboxylic acids is 1. The van der Waals surface area contributed by atoms with Gasteiger partial charge in [0, 0.05) is 29.4 Å². The third-order valence-electron chi connectivity index (χ3n) is 8.29. The van der Waals surface area contributed by atoms with E-state index in [0.717, 1.165) is 5.69 Å². The normalized spacial score (nSPS) is 24.9. The van der Waals surface area contributed by atoms with E-state index in [2.05, 4.69) is 15.3 Å². The number of carboxylic acid groups (broad SMARTS) is 1. The Bertz CT molecular complexity index is 1750. The first-order chi connectivity index (χ1) is 21.5. The van der Waals surface area contributed by atoms with E-state index in [0.29, 0.717) is 38.4 Å². The van der Waals surface area contributed by atoms with Crippen LogP contribution in [0.5, 0.6) is 0 Å². The van der Waals surface area contributed by atoms with Crippen molar-refractivity contribution in [1.29, 1.82) is 0 Å². The molecule has 4 aromatic rings. The summed E-state index contributed by atoms with van der Waals surface area (Å²) in [5.41, 5.74) is 6.79. The molecule has 7 N–H and O–H groups in total. The molecule has 2 fully saturated rings. The maximum atomic E-state index is 12.8. The summed E-state index contributed by atoms with van der Waals surface area (Å²) in [4.78, 5) is 40.3. The molecule has 4 heterocycles. The van der Waals surface area contributed by atoms with Crippen molar-refractivity contribution in [1.82, 2.24) is 24.8 Å².